The summed E-state index contributed by atoms with van der Waals surface area (Å²) in [5.41, 5.74) is -1.19. The summed E-state index contributed by atoms with van der Waals surface area (Å²) >= 11 is 0. The molecule has 0 saturated carbocycles. The summed E-state index contributed by atoms with van der Waals surface area (Å²) in [7, 11) is 0. The lowest BCUT2D eigenvalue weighted by molar-refractivity contribution is -0.489. The molecule has 1 atom stereocenters. The van der Waals surface area contributed by atoms with Gasteiger partial charge in [-0.2, -0.15) is 141 Å². The minimum atomic E-state index is -10.1. The molecule has 0 aliphatic heterocycles. The molecule has 1 unspecified atom stereocenters. The minimum Gasteiger partial charge on any atom is -0.349 e. The van der Waals surface area contributed by atoms with E-state index in [0.29, 0.717) is 6.07 Å². The zero-order chi connectivity index (χ0) is 50.3. The molecule has 0 aliphatic rings. The van der Waals surface area contributed by atoms with Gasteiger partial charge in [0.05, 0.1) is 5.69 Å². The number of rotatable bonds is 18. The molecule has 4 nitrogen and oxygen atoms in total. The lowest BCUT2D eigenvalue weighted by atomic mass is 9.82. The van der Waals surface area contributed by atoms with Gasteiger partial charge in [0.1, 0.15) is 0 Å². The second kappa shape index (κ2) is 15.3. The number of aryl methyl sites for hydroxylation is 1. The normalized spacial score (nSPS) is 16.2. The lowest BCUT2D eigenvalue weighted by Crippen LogP contribution is -2.79. The van der Waals surface area contributed by atoms with Gasteiger partial charge in [-0.15, -0.1) is 0 Å². The highest BCUT2D eigenvalue weighted by Crippen LogP contribution is 2.69. The Hall–Kier alpha value is -4.10. The largest absolute Gasteiger partial charge is 0.460 e. The van der Waals surface area contributed by atoms with Crippen LogP contribution in [0.3, 0.4) is 0 Å². The summed E-state index contributed by atoms with van der Waals surface area (Å²) < 4.78 is 427. The first-order valence-corrected chi connectivity index (χ1v) is 14.6. The number of hydrogen-bond acceptors (Lipinski definition) is 3. The molecule has 1 amide bonds. The monoisotopic (exact) mass is 986 g/mol. The van der Waals surface area contributed by atoms with Crippen LogP contribution in [0.2, 0.25) is 0 Å². The van der Waals surface area contributed by atoms with Gasteiger partial charge in [-0.3, -0.25) is 4.79 Å². The van der Waals surface area contributed by atoms with Crippen LogP contribution in [-0.4, -0.2) is 107 Å². The van der Waals surface area contributed by atoms with Gasteiger partial charge in [-0.25, -0.2) is 4.79 Å². The van der Waals surface area contributed by atoms with Crippen LogP contribution in [0.4, 0.5) is 142 Å². The fraction of sp³-hybridized carbons (Fsp3) is 0.704. The van der Waals surface area contributed by atoms with Gasteiger partial charge in [0.25, 0.3) is 5.91 Å². The third-order valence-corrected chi connectivity index (χ3v) is 8.12. The number of nitrogens with one attached hydrogen (secondary N) is 1. The lowest BCUT2D eigenvalue weighted by Gasteiger charge is -2.46. The van der Waals surface area contributed by atoms with Crippen molar-refractivity contribution in [1.29, 1.82) is 0 Å². The smallest absolute Gasteiger partial charge is 0.349 e. The number of hydrogen-bond donors (Lipinski definition) is 1. The van der Waals surface area contributed by atoms with Crippen LogP contribution in [0.15, 0.2) is 23.2 Å². The van der Waals surface area contributed by atoms with E-state index in [-0.39, 0.29) is 12.5 Å². The molecule has 35 heteroatoms. The summed E-state index contributed by atoms with van der Waals surface area (Å²) in [6, 6.07) is -0.613. The Morgan fingerprint density at radius 3 is 1.05 bits per heavy atom. The quantitative estimate of drug-likeness (QED) is 0.0905. The molecular formula is C27H13F31N2O2. The maximum absolute atomic E-state index is 14.4. The number of benzene rings is 1. The molecule has 0 spiro atoms. The average Bonchev–Trinajstić information content (AvgIpc) is 3.07. The van der Waals surface area contributed by atoms with Gasteiger partial charge in [0.15, 0.2) is 0 Å². The van der Waals surface area contributed by atoms with Gasteiger partial charge in [-0.05, 0) is 31.5 Å². The predicted octanol–water partition coefficient (Wildman–Crippen LogP) is 11.9. The molecule has 1 N–H and O–H groups in total. The Morgan fingerprint density at radius 2 is 0.774 bits per heavy atom. The molecule has 0 bridgehead atoms. The maximum atomic E-state index is 14.4. The number of aliphatic imine (C=N–C) groups is 1. The first kappa shape index (κ1) is 55.9. The van der Waals surface area contributed by atoms with E-state index in [2.05, 4.69) is 4.99 Å². The fourth-order valence-electron chi connectivity index (χ4n) is 4.37. The van der Waals surface area contributed by atoms with E-state index in [1.807, 2.05) is 0 Å². The van der Waals surface area contributed by atoms with Gasteiger partial charge in [0, 0.05) is 18.0 Å². The molecule has 0 radical (unpaired) electrons. The second-order valence-electron chi connectivity index (χ2n) is 12.5. The van der Waals surface area contributed by atoms with Crippen LogP contribution in [0.1, 0.15) is 29.3 Å². The van der Waals surface area contributed by atoms with Crippen LogP contribution >= 0.6 is 0 Å². The van der Waals surface area contributed by atoms with Crippen molar-refractivity contribution in [3.05, 3.63) is 29.3 Å². The van der Waals surface area contributed by atoms with Crippen LogP contribution in [-0.2, 0) is 4.79 Å². The molecule has 360 valence electrons. The first-order chi connectivity index (χ1) is 26.7. The molecule has 1 aromatic carbocycles. The minimum absolute atomic E-state index is 0.0503. The highest BCUT2D eigenvalue weighted by atomic mass is 19.4. The number of amides is 1. The Labute approximate surface area is 319 Å². The molecule has 0 aromatic heterocycles. The summed E-state index contributed by atoms with van der Waals surface area (Å²) in [4.78, 5) is 25.7. The number of nitrogens with zero attached hydrogens (tertiary/aromatic N) is 1. The number of alkyl halides is 31. The third kappa shape index (κ3) is 7.40. The van der Waals surface area contributed by atoms with E-state index in [0.717, 1.165) is 18.2 Å². The van der Waals surface area contributed by atoms with Crippen molar-refractivity contribution in [3.8, 4) is 0 Å². The van der Waals surface area contributed by atoms with Crippen molar-refractivity contribution in [2.75, 3.05) is 0 Å². The van der Waals surface area contributed by atoms with E-state index >= 15 is 0 Å². The SMILES string of the molecule is Cc1ccc(C(=O)NC(C)CC(F)(F)C(F)(F)C(F)(F)C(F)(F)C(F)(F)C(F)(F)C(F)(F)C(F)(F)C(F)(F)C(F)(F)C(F)(F)C(F)(F)C(F)(F)C(F)(F)C(F)(F)F)cc1N=C=O. The summed E-state index contributed by atoms with van der Waals surface area (Å²) in [6.07, 6.45) is -10.7. The van der Waals surface area contributed by atoms with Gasteiger partial charge >= 0.3 is 89.1 Å². The Balaban J connectivity index is 3.83. The molecule has 0 saturated heterocycles. The van der Waals surface area contributed by atoms with Crippen molar-refractivity contribution in [1.82, 2.24) is 5.32 Å². The van der Waals surface area contributed by atoms with Gasteiger partial charge in [0.2, 0.25) is 6.08 Å². The zero-order valence-electron chi connectivity index (χ0n) is 28.5. The summed E-state index contributed by atoms with van der Waals surface area (Å²) in [5, 5.41) is 1.23. The van der Waals surface area contributed by atoms with Crippen molar-refractivity contribution in [3.63, 3.8) is 0 Å². The molecule has 0 fully saturated rings. The van der Waals surface area contributed by atoms with Crippen LogP contribution < -0.4 is 5.32 Å². The van der Waals surface area contributed by atoms with Crippen LogP contribution in [0.25, 0.3) is 0 Å². The third-order valence-electron chi connectivity index (χ3n) is 8.12. The van der Waals surface area contributed by atoms with Crippen LogP contribution in [0.5, 0.6) is 0 Å². The Bertz CT molecular complexity index is 1880. The van der Waals surface area contributed by atoms with Crippen molar-refractivity contribution in [2.24, 2.45) is 4.99 Å². The van der Waals surface area contributed by atoms with E-state index in [4.69, 9.17) is 0 Å². The number of carbonyl (C=O) groups excluding carboxylic acids is 2. The van der Waals surface area contributed by atoms with Gasteiger partial charge < -0.3 is 5.32 Å². The van der Waals surface area contributed by atoms with E-state index in [9.17, 15) is 146 Å². The highest BCUT2D eigenvalue weighted by molar-refractivity contribution is 5.95. The molecular weight excluding hydrogens is 973 g/mol. The van der Waals surface area contributed by atoms with Crippen molar-refractivity contribution < 1.29 is 146 Å². The van der Waals surface area contributed by atoms with Crippen LogP contribution in [0, 0.1) is 6.92 Å². The number of halogens is 31. The van der Waals surface area contributed by atoms with E-state index in [1.54, 1.807) is 0 Å². The summed E-state index contributed by atoms with van der Waals surface area (Å²) in [6.45, 7) is 1.25. The zero-order valence-corrected chi connectivity index (χ0v) is 28.5. The number of carbonyl (C=O) groups is 1. The first-order valence-electron chi connectivity index (χ1n) is 14.6. The summed E-state index contributed by atoms with van der Waals surface area (Å²) in [5.74, 6) is -134. The molecule has 1 aromatic rings. The Kier molecular flexibility index (Phi) is 13.8. The topological polar surface area (TPSA) is 58.5 Å². The molecule has 0 heterocycles. The second-order valence-corrected chi connectivity index (χ2v) is 12.5. The highest BCUT2D eigenvalue weighted by Gasteiger charge is 3.01. The molecule has 0 aliphatic carbocycles. The molecule has 62 heavy (non-hydrogen) atoms. The fourth-order valence-corrected chi connectivity index (χ4v) is 4.37. The van der Waals surface area contributed by atoms with E-state index < -0.39 is 119 Å². The van der Waals surface area contributed by atoms with E-state index in [1.165, 1.54) is 12.2 Å². The van der Waals surface area contributed by atoms with Gasteiger partial charge in [-0.1, -0.05) is 6.07 Å². The Morgan fingerprint density at radius 1 is 0.500 bits per heavy atom. The molecule has 1 rings (SSSR count). The maximum Gasteiger partial charge on any atom is 0.460 e. The number of isocyanates is 1. The van der Waals surface area contributed by atoms with Crippen molar-refractivity contribution >= 4 is 17.7 Å². The average molecular weight is 986 g/mol. The standard InChI is InChI=1S/C27H13F31N2O2/c1-8-3-4-10(5-11(8)59-7-61)12(62)60-9(2)6-13(28,29)14(30,31)15(32,33)16(34,35)17(36,37)18(38,39)19(40,41)20(42,43)21(44,45)22(46,47)23(48,49)24(50,51)25(52,53)26(54,55)27(56,57)58/h3-5,9H,6H2,1-2H3,(H,60,62). The van der Waals surface area contributed by atoms with Crippen molar-refractivity contribution in [2.45, 2.75) is 115 Å². The predicted molar refractivity (Wildman–Crippen MR) is 136 cm³/mol.